The van der Waals surface area contributed by atoms with E-state index in [-0.39, 0.29) is 16.4 Å². The average Bonchev–Trinajstić information content (AvgIpc) is 3.05. The van der Waals surface area contributed by atoms with E-state index in [0.29, 0.717) is 23.8 Å². The molecule has 1 saturated heterocycles. The van der Waals surface area contributed by atoms with Crippen molar-refractivity contribution in [1.82, 2.24) is 24.5 Å². The van der Waals surface area contributed by atoms with Gasteiger partial charge in [0.15, 0.2) is 5.78 Å². The molecule has 134 valence electrons. The zero-order chi connectivity index (χ0) is 17.9. The number of sulfonamides is 1. The average molecular weight is 381 g/mol. The molecule has 1 aromatic heterocycles. The highest BCUT2D eigenvalue weighted by Crippen LogP contribution is 2.21. The zero-order valence-corrected chi connectivity index (χ0v) is 15.5. The van der Waals surface area contributed by atoms with Crippen LogP contribution in [-0.4, -0.2) is 57.6 Å². The monoisotopic (exact) mass is 381 g/mol. The Hall–Kier alpha value is -1.78. The molecule has 0 radical (unpaired) electrons. The summed E-state index contributed by atoms with van der Waals surface area (Å²) in [5, 5.41) is 11.6. The number of benzene rings is 1. The van der Waals surface area contributed by atoms with Gasteiger partial charge in [-0.2, -0.15) is 4.31 Å². The minimum atomic E-state index is -3.47. The number of carbonyl (C=O) groups is 1. The highest BCUT2D eigenvalue weighted by atomic mass is 32.2. The standard InChI is InChI=1S/C15H19N5O3S2/c1-19-15(16-17-18-19)24-11-14(21)12-5-7-13(8-6-12)25(22,23)20-9-3-2-4-10-20/h5-8H,2-4,9-11H2,1H3. The third-order valence-electron chi connectivity index (χ3n) is 4.04. The maximum atomic E-state index is 12.6. The fourth-order valence-electron chi connectivity index (χ4n) is 2.62. The Balaban J connectivity index is 1.67. The fourth-order valence-corrected chi connectivity index (χ4v) is 4.89. The lowest BCUT2D eigenvalue weighted by molar-refractivity contribution is 0.102. The van der Waals surface area contributed by atoms with E-state index in [2.05, 4.69) is 15.5 Å². The minimum absolute atomic E-state index is 0.102. The van der Waals surface area contributed by atoms with E-state index in [1.54, 1.807) is 19.2 Å². The van der Waals surface area contributed by atoms with Gasteiger partial charge < -0.3 is 0 Å². The van der Waals surface area contributed by atoms with Crippen LogP contribution in [0, 0.1) is 0 Å². The van der Waals surface area contributed by atoms with Crippen LogP contribution in [0.25, 0.3) is 0 Å². The van der Waals surface area contributed by atoms with Crippen molar-refractivity contribution in [3.8, 4) is 0 Å². The molecule has 0 saturated carbocycles. The highest BCUT2D eigenvalue weighted by molar-refractivity contribution is 7.99. The Labute approximate surface area is 150 Å². The molecule has 8 nitrogen and oxygen atoms in total. The van der Waals surface area contributed by atoms with Gasteiger partial charge in [0, 0.05) is 25.7 Å². The first-order valence-corrected chi connectivity index (χ1v) is 10.4. The van der Waals surface area contributed by atoms with Crippen molar-refractivity contribution in [3.63, 3.8) is 0 Å². The van der Waals surface area contributed by atoms with Gasteiger partial charge in [0.05, 0.1) is 10.6 Å². The molecule has 1 aromatic carbocycles. The lowest BCUT2D eigenvalue weighted by atomic mass is 10.1. The number of tetrazole rings is 1. The van der Waals surface area contributed by atoms with Crippen LogP contribution >= 0.6 is 11.8 Å². The van der Waals surface area contributed by atoms with Crippen molar-refractivity contribution >= 4 is 27.6 Å². The summed E-state index contributed by atoms with van der Waals surface area (Å²) in [7, 11) is -1.77. The summed E-state index contributed by atoms with van der Waals surface area (Å²) in [6.07, 6.45) is 2.85. The molecule has 2 aromatic rings. The summed E-state index contributed by atoms with van der Waals surface area (Å²) in [6, 6.07) is 6.14. The van der Waals surface area contributed by atoms with Gasteiger partial charge in [-0.15, -0.1) is 5.10 Å². The smallest absolute Gasteiger partial charge is 0.243 e. The normalized spacial score (nSPS) is 16.0. The molecule has 0 amide bonds. The molecule has 2 heterocycles. The number of thioether (sulfide) groups is 1. The summed E-state index contributed by atoms with van der Waals surface area (Å²) in [5.41, 5.74) is 0.472. The summed E-state index contributed by atoms with van der Waals surface area (Å²) in [6.45, 7) is 1.12. The van der Waals surface area contributed by atoms with Crippen molar-refractivity contribution in [1.29, 1.82) is 0 Å². The molecule has 0 aliphatic carbocycles. The number of aryl methyl sites for hydroxylation is 1. The van der Waals surface area contributed by atoms with Crippen molar-refractivity contribution < 1.29 is 13.2 Å². The second kappa shape index (κ2) is 7.63. The Morgan fingerprint density at radius 2 is 1.84 bits per heavy atom. The summed E-state index contributed by atoms with van der Waals surface area (Å²) < 4.78 is 28.2. The van der Waals surface area contributed by atoms with E-state index in [1.807, 2.05) is 0 Å². The number of carbonyl (C=O) groups excluding carboxylic acids is 1. The van der Waals surface area contributed by atoms with E-state index in [9.17, 15) is 13.2 Å². The topological polar surface area (TPSA) is 98.0 Å². The third-order valence-corrected chi connectivity index (χ3v) is 6.97. The number of hydrogen-bond acceptors (Lipinski definition) is 7. The maximum Gasteiger partial charge on any atom is 0.243 e. The molecular formula is C15H19N5O3S2. The second-order valence-electron chi connectivity index (χ2n) is 5.79. The van der Waals surface area contributed by atoms with Gasteiger partial charge in [-0.05, 0) is 35.4 Å². The van der Waals surface area contributed by atoms with E-state index in [0.717, 1.165) is 19.3 Å². The molecule has 0 unspecified atom stereocenters. The number of rotatable bonds is 6. The van der Waals surface area contributed by atoms with Crippen LogP contribution in [0.2, 0.25) is 0 Å². The minimum Gasteiger partial charge on any atom is -0.293 e. The number of nitrogens with zero attached hydrogens (tertiary/aromatic N) is 5. The largest absolute Gasteiger partial charge is 0.293 e. The Morgan fingerprint density at radius 3 is 2.44 bits per heavy atom. The molecule has 10 heteroatoms. The lowest BCUT2D eigenvalue weighted by Crippen LogP contribution is -2.35. The van der Waals surface area contributed by atoms with Gasteiger partial charge in [0.2, 0.25) is 15.2 Å². The van der Waals surface area contributed by atoms with Gasteiger partial charge in [0.1, 0.15) is 0 Å². The summed E-state index contributed by atoms with van der Waals surface area (Å²) in [4.78, 5) is 12.5. The van der Waals surface area contributed by atoms with Crippen LogP contribution in [0.15, 0.2) is 34.3 Å². The van der Waals surface area contributed by atoms with Crippen LogP contribution in [0.5, 0.6) is 0 Å². The molecule has 1 aliphatic heterocycles. The molecule has 0 spiro atoms. The second-order valence-corrected chi connectivity index (χ2v) is 8.67. The number of piperidine rings is 1. The first-order valence-electron chi connectivity index (χ1n) is 7.97. The van der Waals surface area contributed by atoms with Crippen LogP contribution in [0.3, 0.4) is 0 Å². The van der Waals surface area contributed by atoms with Crippen LogP contribution in [0.1, 0.15) is 29.6 Å². The predicted molar refractivity (Wildman–Crippen MR) is 92.9 cm³/mol. The zero-order valence-electron chi connectivity index (χ0n) is 13.8. The van der Waals surface area contributed by atoms with E-state index in [1.165, 1.54) is 32.9 Å². The van der Waals surface area contributed by atoms with Crippen LogP contribution < -0.4 is 0 Å². The quantitative estimate of drug-likeness (QED) is 0.550. The van der Waals surface area contributed by atoms with Crippen molar-refractivity contribution in [3.05, 3.63) is 29.8 Å². The third kappa shape index (κ3) is 4.07. The number of Topliss-reactive ketones (excluding diaryl/α,β-unsaturated/α-hetero) is 1. The van der Waals surface area contributed by atoms with Gasteiger partial charge in [0.25, 0.3) is 0 Å². The summed E-state index contributed by atoms with van der Waals surface area (Å²) >= 11 is 1.24. The van der Waals surface area contributed by atoms with E-state index in [4.69, 9.17) is 0 Å². The van der Waals surface area contributed by atoms with Crippen LogP contribution in [0.4, 0.5) is 0 Å². The molecule has 0 N–H and O–H groups in total. The maximum absolute atomic E-state index is 12.6. The predicted octanol–water partition coefficient (Wildman–Crippen LogP) is 1.36. The van der Waals surface area contributed by atoms with Gasteiger partial charge in [-0.1, -0.05) is 30.3 Å². The SMILES string of the molecule is Cn1nnnc1SCC(=O)c1ccc(S(=O)(=O)N2CCCCC2)cc1. The van der Waals surface area contributed by atoms with Crippen molar-refractivity contribution in [2.75, 3.05) is 18.8 Å². The number of hydrogen-bond donors (Lipinski definition) is 0. The van der Waals surface area contributed by atoms with Crippen molar-refractivity contribution in [2.24, 2.45) is 7.05 Å². The molecule has 25 heavy (non-hydrogen) atoms. The van der Waals surface area contributed by atoms with Crippen molar-refractivity contribution in [2.45, 2.75) is 29.3 Å². The number of aromatic nitrogens is 4. The Kier molecular flexibility index (Phi) is 5.50. The lowest BCUT2D eigenvalue weighted by Gasteiger charge is -2.25. The van der Waals surface area contributed by atoms with Gasteiger partial charge in [-0.25, -0.2) is 13.1 Å². The van der Waals surface area contributed by atoms with E-state index >= 15 is 0 Å². The van der Waals surface area contributed by atoms with E-state index < -0.39 is 10.0 Å². The molecule has 0 atom stereocenters. The van der Waals surface area contributed by atoms with Gasteiger partial charge >= 0.3 is 0 Å². The Morgan fingerprint density at radius 1 is 1.16 bits per heavy atom. The highest BCUT2D eigenvalue weighted by Gasteiger charge is 2.25. The molecule has 3 rings (SSSR count). The molecule has 1 fully saturated rings. The summed E-state index contributed by atoms with van der Waals surface area (Å²) in [5.74, 6) is 0.0850. The first kappa shape index (κ1) is 18.0. The Bertz CT molecular complexity index is 842. The van der Waals surface area contributed by atoms with Gasteiger partial charge in [-0.3, -0.25) is 4.79 Å². The first-order chi connectivity index (χ1) is 12.0. The fraction of sp³-hybridized carbons (Fsp3) is 0.467. The number of ketones is 1. The molecule has 1 aliphatic rings. The molecular weight excluding hydrogens is 362 g/mol. The van der Waals surface area contributed by atoms with Crippen LogP contribution in [-0.2, 0) is 17.1 Å². The molecule has 0 bridgehead atoms.